The second-order valence-corrected chi connectivity index (χ2v) is 2.75. The molecule has 1 aromatic rings. The predicted octanol–water partition coefficient (Wildman–Crippen LogP) is 1.67. The molecule has 0 aliphatic heterocycles. The van der Waals surface area contributed by atoms with Gasteiger partial charge in [0.05, 0.1) is 12.8 Å². The van der Waals surface area contributed by atoms with E-state index in [0.29, 0.717) is 0 Å². The highest BCUT2D eigenvalue weighted by Crippen LogP contribution is 2.15. The summed E-state index contributed by atoms with van der Waals surface area (Å²) in [7, 11) is 3.37. The molecule has 0 spiro atoms. The van der Waals surface area contributed by atoms with Crippen molar-refractivity contribution in [3.05, 3.63) is 24.0 Å². The Morgan fingerprint density at radius 3 is 2.92 bits per heavy atom. The summed E-state index contributed by atoms with van der Waals surface area (Å²) in [6.45, 7) is 0.764. The SMILES string of the molecule is COCCCc1ncccc1OC. The van der Waals surface area contributed by atoms with Gasteiger partial charge in [0, 0.05) is 19.9 Å². The Hall–Kier alpha value is -1.09. The van der Waals surface area contributed by atoms with Crippen LogP contribution in [0.4, 0.5) is 0 Å². The summed E-state index contributed by atoms with van der Waals surface area (Å²) in [4.78, 5) is 4.24. The number of pyridine rings is 1. The van der Waals surface area contributed by atoms with Gasteiger partial charge < -0.3 is 9.47 Å². The first-order valence-electron chi connectivity index (χ1n) is 4.35. The number of hydrogen-bond donors (Lipinski definition) is 0. The number of hydrogen-bond acceptors (Lipinski definition) is 3. The quantitative estimate of drug-likeness (QED) is 0.647. The van der Waals surface area contributed by atoms with Crippen molar-refractivity contribution in [2.45, 2.75) is 12.8 Å². The minimum absolute atomic E-state index is 0.764. The molecule has 0 aromatic carbocycles. The normalized spacial score (nSPS) is 10.0. The second kappa shape index (κ2) is 5.54. The first kappa shape index (κ1) is 9.99. The van der Waals surface area contributed by atoms with Crippen molar-refractivity contribution < 1.29 is 9.47 Å². The van der Waals surface area contributed by atoms with E-state index in [1.807, 2.05) is 12.1 Å². The molecule has 1 heterocycles. The Morgan fingerprint density at radius 1 is 1.38 bits per heavy atom. The molecule has 3 heteroatoms. The largest absolute Gasteiger partial charge is 0.495 e. The zero-order valence-corrected chi connectivity index (χ0v) is 8.12. The van der Waals surface area contributed by atoms with Gasteiger partial charge in [-0.1, -0.05) is 0 Å². The summed E-state index contributed by atoms with van der Waals surface area (Å²) in [6.07, 6.45) is 3.66. The van der Waals surface area contributed by atoms with Gasteiger partial charge in [0.2, 0.25) is 0 Å². The van der Waals surface area contributed by atoms with Crippen molar-refractivity contribution >= 4 is 0 Å². The van der Waals surface area contributed by atoms with Crippen LogP contribution in [0.25, 0.3) is 0 Å². The number of nitrogens with zero attached hydrogens (tertiary/aromatic N) is 1. The third kappa shape index (κ3) is 3.03. The van der Waals surface area contributed by atoms with Crippen molar-refractivity contribution in [2.24, 2.45) is 0 Å². The fraction of sp³-hybridized carbons (Fsp3) is 0.500. The Bertz CT molecular complexity index is 250. The number of aromatic nitrogens is 1. The van der Waals surface area contributed by atoms with E-state index in [1.165, 1.54) is 0 Å². The summed E-state index contributed by atoms with van der Waals surface area (Å²) in [5, 5.41) is 0. The highest BCUT2D eigenvalue weighted by molar-refractivity contribution is 5.26. The molecule has 0 atom stereocenters. The summed E-state index contributed by atoms with van der Waals surface area (Å²) in [6, 6.07) is 3.80. The monoisotopic (exact) mass is 181 g/mol. The molecule has 0 radical (unpaired) electrons. The van der Waals surface area contributed by atoms with Crippen LogP contribution in [-0.4, -0.2) is 25.8 Å². The van der Waals surface area contributed by atoms with Crippen molar-refractivity contribution in [1.82, 2.24) is 4.98 Å². The van der Waals surface area contributed by atoms with Crippen LogP contribution in [0.15, 0.2) is 18.3 Å². The molecule has 0 bridgehead atoms. The third-order valence-corrected chi connectivity index (χ3v) is 1.83. The Kier molecular flexibility index (Phi) is 4.26. The number of aryl methyl sites for hydroxylation is 1. The van der Waals surface area contributed by atoms with Crippen LogP contribution in [0.3, 0.4) is 0 Å². The van der Waals surface area contributed by atoms with Crippen LogP contribution < -0.4 is 4.74 Å². The summed E-state index contributed by atoms with van der Waals surface area (Å²) in [5.74, 6) is 0.860. The smallest absolute Gasteiger partial charge is 0.140 e. The predicted molar refractivity (Wildman–Crippen MR) is 51.0 cm³/mol. The van der Waals surface area contributed by atoms with Crippen molar-refractivity contribution in [1.29, 1.82) is 0 Å². The van der Waals surface area contributed by atoms with Crippen LogP contribution in [0, 0.1) is 0 Å². The van der Waals surface area contributed by atoms with Gasteiger partial charge in [-0.3, -0.25) is 4.98 Å². The van der Waals surface area contributed by atoms with Crippen molar-refractivity contribution in [3.8, 4) is 5.75 Å². The van der Waals surface area contributed by atoms with E-state index in [2.05, 4.69) is 4.98 Å². The lowest BCUT2D eigenvalue weighted by molar-refractivity contribution is 0.194. The molecule has 0 saturated carbocycles. The first-order valence-corrected chi connectivity index (χ1v) is 4.35. The van der Waals surface area contributed by atoms with Gasteiger partial charge in [-0.15, -0.1) is 0 Å². The van der Waals surface area contributed by atoms with E-state index >= 15 is 0 Å². The second-order valence-electron chi connectivity index (χ2n) is 2.75. The molecule has 0 N–H and O–H groups in total. The minimum Gasteiger partial charge on any atom is -0.495 e. The summed E-state index contributed by atoms with van der Waals surface area (Å²) < 4.78 is 10.1. The fourth-order valence-corrected chi connectivity index (χ4v) is 1.18. The van der Waals surface area contributed by atoms with Crippen molar-refractivity contribution in [3.63, 3.8) is 0 Å². The van der Waals surface area contributed by atoms with E-state index in [-0.39, 0.29) is 0 Å². The molecule has 0 aliphatic carbocycles. The van der Waals surface area contributed by atoms with Gasteiger partial charge in [0.1, 0.15) is 5.75 Å². The van der Waals surface area contributed by atoms with E-state index < -0.39 is 0 Å². The molecular formula is C10H15NO2. The van der Waals surface area contributed by atoms with Gasteiger partial charge in [-0.05, 0) is 25.0 Å². The molecule has 0 amide bonds. The lowest BCUT2D eigenvalue weighted by Crippen LogP contribution is -1.98. The molecule has 3 nitrogen and oxygen atoms in total. The Morgan fingerprint density at radius 2 is 2.23 bits per heavy atom. The van der Waals surface area contributed by atoms with E-state index in [4.69, 9.17) is 9.47 Å². The zero-order valence-electron chi connectivity index (χ0n) is 8.12. The van der Waals surface area contributed by atoms with E-state index in [0.717, 1.165) is 30.9 Å². The fourth-order valence-electron chi connectivity index (χ4n) is 1.18. The molecule has 1 rings (SSSR count). The lowest BCUT2D eigenvalue weighted by Gasteiger charge is -2.05. The standard InChI is InChI=1S/C10H15NO2/c1-12-8-4-5-9-10(13-2)6-3-7-11-9/h3,6-7H,4-5,8H2,1-2H3. The number of methoxy groups -OCH3 is 2. The molecular weight excluding hydrogens is 166 g/mol. The van der Waals surface area contributed by atoms with Gasteiger partial charge in [-0.2, -0.15) is 0 Å². The molecule has 0 saturated heterocycles. The molecule has 1 aromatic heterocycles. The van der Waals surface area contributed by atoms with Gasteiger partial charge in [-0.25, -0.2) is 0 Å². The highest BCUT2D eigenvalue weighted by atomic mass is 16.5. The van der Waals surface area contributed by atoms with Gasteiger partial charge in [0.15, 0.2) is 0 Å². The van der Waals surface area contributed by atoms with E-state index in [9.17, 15) is 0 Å². The van der Waals surface area contributed by atoms with Crippen LogP contribution in [0.2, 0.25) is 0 Å². The van der Waals surface area contributed by atoms with Crippen LogP contribution in [-0.2, 0) is 11.2 Å². The van der Waals surface area contributed by atoms with E-state index in [1.54, 1.807) is 20.4 Å². The molecule has 13 heavy (non-hydrogen) atoms. The summed E-state index contributed by atoms with van der Waals surface area (Å²) >= 11 is 0. The molecule has 72 valence electrons. The number of rotatable bonds is 5. The maximum Gasteiger partial charge on any atom is 0.140 e. The maximum atomic E-state index is 5.17. The van der Waals surface area contributed by atoms with Crippen molar-refractivity contribution in [2.75, 3.05) is 20.8 Å². The molecule has 0 fully saturated rings. The highest BCUT2D eigenvalue weighted by Gasteiger charge is 2.01. The minimum atomic E-state index is 0.764. The first-order chi connectivity index (χ1) is 6.38. The average Bonchev–Trinajstić information content (AvgIpc) is 2.19. The zero-order chi connectivity index (χ0) is 9.52. The number of ether oxygens (including phenoxy) is 2. The Labute approximate surface area is 78.7 Å². The van der Waals surface area contributed by atoms with Crippen LogP contribution in [0.1, 0.15) is 12.1 Å². The summed E-state index contributed by atoms with van der Waals surface area (Å²) in [5.41, 5.74) is 1.00. The molecule has 0 unspecified atom stereocenters. The van der Waals surface area contributed by atoms with Crippen LogP contribution >= 0.6 is 0 Å². The maximum absolute atomic E-state index is 5.17. The lowest BCUT2D eigenvalue weighted by atomic mass is 10.2. The topological polar surface area (TPSA) is 31.4 Å². The third-order valence-electron chi connectivity index (χ3n) is 1.83. The van der Waals surface area contributed by atoms with Gasteiger partial charge >= 0.3 is 0 Å². The average molecular weight is 181 g/mol. The molecule has 0 aliphatic rings. The Balaban J connectivity index is 2.54. The van der Waals surface area contributed by atoms with Crippen LogP contribution in [0.5, 0.6) is 5.75 Å². The van der Waals surface area contributed by atoms with Gasteiger partial charge in [0.25, 0.3) is 0 Å².